The minimum Gasteiger partial charge on any atom is -0.487 e. The fourth-order valence-corrected chi connectivity index (χ4v) is 2.92. The Kier molecular flexibility index (Phi) is 3.73. The Hall–Kier alpha value is -1.79. The van der Waals surface area contributed by atoms with Gasteiger partial charge in [-0.3, -0.25) is 0 Å². The molecule has 1 aliphatic heterocycles. The Bertz CT molecular complexity index is 651. The number of anilines is 1. The van der Waals surface area contributed by atoms with Gasteiger partial charge in [-0.25, -0.2) is 4.98 Å². The van der Waals surface area contributed by atoms with E-state index in [-0.39, 0.29) is 12.7 Å². The van der Waals surface area contributed by atoms with Gasteiger partial charge >= 0.3 is 0 Å². The molecule has 0 amide bonds. The lowest BCUT2D eigenvalue weighted by Gasteiger charge is -2.12. The maximum absolute atomic E-state index is 9.31. The van der Waals surface area contributed by atoms with E-state index in [9.17, 15) is 5.11 Å². The van der Waals surface area contributed by atoms with E-state index in [2.05, 4.69) is 28.5 Å². The maximum Gasteiger partial charge on any atom is 0.201 e. The average Bonchev–Trinajstić information content (AvgIpc) is 2.99. The largest absolute Gasteiger partial charge is 0.487 e. The Balaban J connectivity index is 1.97. The molecule has 2 heterocycles. The number of nitrogens with two attached hydrogens (primary N) is 1. The molecule has 0 radical (unpaired) electrons. The third-order valence-electron chi connectivity index (χ3n) is 3.92. The predicted molar refractivity (Wildman–Crippen MR) is 82.5 cm³/mol. The number of nitrogens with zero attached hydrogens (tertiary/aromatic N) is 3. The normalized spacial score (nSPS) is 17.4. The molecule has 1 atom stereocenters. The topological polar surface area (TPSA) is 76.5 Å². The van der Waals surface area contributed by atoms with Gasteiger partial charge in [-0.2, -0.15) is 0 Å². The van der Waals surface area contributed by atoms with E-state index in [1.54, 1.807) is 0 Å². The SMILES string of the molecule is CN(C)CCCn1c(N)nc2ccc3c(c21)CC(CO)O3. The second-order valence-corrected chi connectivity index (χ2v) is 5.82. The quantitative estimate of drug-likeness (QED) is 0.854. The molecule has 0 fully saturated rings. The van der Waals surface area contributed by atoms with Crippen molar-refractivity contribution in [1.29, 1.82) is 0 Å². The fraction of sp³-hybridized carbons (Fsp3) is 0.533. The zero-order valence-electron chi connectivity index (χ0n) is 12.5. The Morgan fingerprint density at radius 1 is 1.48 bits per heavy atom. The minimum atomic E-state index is -0.156. The van der Waals surface area contributed by atoms with Crippen molar-refractivity contribution in [3.05, 3.63) is 17.7 Å². The molecule has 0 spiro atoms. The molecule has 114 valence electrons. The van der Waals surface area contributed by atoms with Crippen LogP contribution in [0.25, 0.3) is 11.0 Å². The monoisotopic (exact) mass is 290 g/mol. The van der Waals surface area contributed by atoms with Crippen LogP contribution in [0.3, 0.4) is 0 Å². The Labute approximate surface area is 124 Å². The lowest BCUT2D eigenvalue weighted by atomic mass is 10.1. The first-order valence-electron chi connectivity index (χ1n) is 7.30. The van der Waals surface area contributed by atoms with Crippen LogP contribution >= 0.6 is 0 Å². The first-order chi connectivity index (χ1) is 10.1. The minimum absolute atomic E-state index is 0.0282. The molecule has 0 aliphatic carbocycles. The van der Waals surface area contributed by atoms with E-state index < -0.39 is 0 Å². The molecule has 1 unspecified atom stereocenters. The molecule has 2 aromatic rings. The van der Waals surface area contributed by atoms with Gasteiger partial charge in [0.25, 0.3) is 0 Å². The van der Waals surface area contributed by atoms with E-state index >= 15 is 0 Å². The number of aryl methyl sites for hydroxylation is 1. The first-order valence-corrected chi connectivity index (χ1v) is 7.30. The van der Waals surface area contributed by atoms with E-state index in [4.69, 9.17) is 10.5 Å². The summed E-state index contributed by atoms with van der Waals surface area (Å²) in [5.74, 6) is 1.39. The van der Waals surface area contributed by atoms with E-state index in [1.807, 2.05) is 12.1 Å². The molecule has 3 rings (SSSR count). The number of aliphatic hydroxyl groups is 1. The molecular weight excluding hydrogens is 268 g/mol. The van der Waals surface area contributed by atoms with Gasteiger partial charge in [-0.1, -0.05) is 0 Å². The Morgan fingerprint density at radius 2 is 2.29 bits per heavy atom. The van der Waals surface area contributed by atoms with E-state index in [0.29, 0.717) is 12.4 Å². The van der Waals surface area contributed by atoms with Crippen molar-refractivity contribution in [3.63, 3.8) is 0 Å². The summed E-state index contributed by atoms with van der Waals surface area (Å²) in [7, 11) is 4.12. The van der Waals surface area contributed by atoms with E-state index in [1.165, 1.54) is 0 Å². The molecule has 0 saturated heterocycles. The van der Waals surface area contributed by atoms with Crippen molar-refractivity contribution in [1.82, 2.24) is 14.5 Å². The summed E-state index contributed by atoms with van der Waals surface area (Å²) in [6.45, 7) is 1.87. The van der Waals surface area contributed by atoms with Crippen molar-refractivity contribution in [2.75, 3.05) is 33.0 Å². The predicted octanol–water partition coefficient (Wildman–Crippen LogP) is 0.866. The third kappa shape index (κ3) is 2.56. The van der Waals surface area contributed by atoms with Gasteiger partial charge in [-0.15, -0.1) is 0 Å². The van der Waals surface area contributed by atoms with Gasteiger partial charge in [0.05, 0.1) is 17.6 Å². The van der Waals surface area contributed by atoms with Gasteiger partial charge in [-0.05, 0) is 39.2 Å². The lowest BCUT2D eigenvalue weighted by Crippen LogP contribution is -2.17. The standard InChI is InChI=1S/C15H22N4O2/c1-18(2)6-3-7-19-14-11-8-10(9-20)21-13(11)5-4-12(14)17-15(19)16/h4-5,10,20H,3,6-9H2,1-2H3,(H2,16,17). The maximum atomic E-state index is 9.31. The zero-order chi connectivity index (χ0) is 15.0. The number of fused-ring (bicyclic) bond motifs is 3. The van der Waals surface area contributed by atoms with Crippen LogP contribution in [-0.2, 0) is 13.0 Å². The number of ether oxygens (including phenoxy) is 1. The molecule has 1 aromatic carbocycles. The molecule has 0 bridgehead atoms. The molecule has 1 aliphatic rings. The first kappa shape index (κ1) is 14.2. The second kappa shape index (κ2) is 5.54. The number of imidazole rings is 1. The molecule has 6 nitrogen and oxygen atoms in total. The number of nitrogen functional groups attached to an aromatic ring is 1. The smallest absolute Gasteiger partial charge is 0.201 e. The second-order valence-electron chi connectivity index (χ2n) is 5.82. The van der Waals surface area contributed by atoms with Gasteiger partial charge in [0.1, 0.15) is 11.9 Å². The van der Waals surface area contributed by atoms with Crippen LogP contribution in [-0.4, -0.2) is 52.9 Å². The summed E-state index contributed by atoms with van der Waals surface area (Å²) in [6.07, 6.45) is 1.57. The van der Waals surface area contributed by atoms with Gasteiger partial charge in [0.15, 0.2) is 0 Å². The van der Waals surface area contributed by atoms with Crippen LogP contribution in [0.15, 0.2) is 12.1 Å². The third-order valence-corrected chi connectivity index (χ3v) is 3.92. The number of hydrogen-bond acceptors (Lipinski definition) is 5. The summed E-state index contributed by atoms with van der Waals surface area (Å²) in [4.78, 5) is 6.61. The highest BCUT2D eigenvalue weighted by molar-refractivity contribution is 5.84. The molecule has 1 aromatic heterocycles. The Morgan fingerprint density at radius 3 is 3.00 bits per heavy atom. The highest BCUT2D eigenvalue weighted by Crippen LogP contribution is 2.36. The summed E-state index contributed by atoms with van der Waals surface area (Å²) < 4.78 is 7.80. The number of aliphatic hydroxyl groups excluding tert-OH is 1. The van der Waals surface area contributed by atoms with Crippen molar-refractivity contribution in [2.24, 2.45) is 0 Å². The van der Waals surface area contributed by atoms with Gasteiger partial charge < -0.3 is 25.0 Å². The van der Waals surface area contributed by atoms with Crippen LogP contribution in [0.1, 0.15) is 12.0 Å². The van der Waals surface area contributed by atoms with Gasteiger partial charge in [0.2, 0.25) is 5.95 Å². The summed E-state index contributed by atoms with van der Waals surface area (Å²) in [5, 5.41) is 9.31. The summed E-state index contributed by atoms with van der Waals surface area (Å²) >= 11 is 0. The molecule has 0 saturated carbocycles. The van der Waals surface area contributed by atoms with Crippen molar-refractivity contribution in [2.45, 2.75) is 25.5 Å². The van der Waals surface area contributed by atoms with Crippen molar-refractivity contribution < 1.29 is 9.84 Å². The summed E-state index contributed by atoms with van der Waals surface area (Å²) in [5.41, 5.74) is 9.15. The van der Waals surface area contributed by atoms with Crippen LogP contribution in [0.4, 0.5) is 5.95 Å². The lowest BCUT2D eigenvalue weighted by molar-refractivity contribution is 0.134. The van der Waals surface area contributed by atoms with E-state index in [0.717, 1.165) is 41.9 Å². The van der Waals surface area contributed by atoms with Crippen molar-refractivity contribution >= 4 is 17.0 Å². The zero-order valence-corrected chi connectivity index (χ0v) is 12.5. The number of benzene rings is 1. The van der Waals surface area contributed by atoms with Crippen LogP contribution < -0.4 is 10.5 Å². The molecule has 6 heteroatoms. The molecular formula is C15H22N4O2. The van der Waals surface area contributed by atoms with Crippen LogP contribution in [0.5, 0.6) is 5.75 Å². The highest BCUT2D eigenvalue weighted by Gasteiger charge is 2.26. The number of hydrogen-bond donors (Lipinski definition) is 2. The van der Waals surface area contributed by atoms with Gasteiger partial charge in [0, 0.05) is 18.5 Å². The number of aromatic nitrogens is 2. The van der Waals surface area contributed by atoms with Crippen LogP contribution in [0.2, 0.25) is 0 Å². The fourth-order valence-electron chi connectivity index (χ4n) is 2.92. The molecule has 21 heavy (non-hydrogen) atoms. The highest BCUT2D eigenvalue weighted by atomic mass is 16.5. The molecule has 3 N–H and O–H groups in total. The number of rotatable bonds is 5. The average molecular weight is 290 g/mol. The van der Waals surface area contributed by atoms with Crippen molar-refractivity contribution in [3.8, 4) is 5.75 Å². The van der Waals surface area contributed by atoms with Crippen LogP contribution in [0, 0.1) is 0 Å². The summed E-state index contributed by atoms with van der Waals surface area (Å²) in [6, 6.07) is 3.86.